The van der Waals surface area contributed by atoms with E-state index in [-0.39, 0.29) is 17.4 Å². The van der Waals surface area contributed by atoms with Crippen LogP contribution >= 0.6 is 15.9 Å². The number of carbonyl (C=O) groups is 3. The zero-order chi connectivity index (χ0) is 15.5. The Balaban J connectivity index is 2.82. The lowest BCUT2D eigenvalue weighted by Crippen LogP contribution is -2.28. The topological polar surface area (TPSA) is 109 Å². The molecule has 0 fully saturated rings. The molecule has 0 aromatic carbocycles. The minimum absolute atomic E-state index is 0.0944. The molecule has 1 heterocycles. The van der Waals surface area contributed by atoms with Crippen molar-refractivity contribution >= 4 is 39.4 Å². The third kappa shape index (κ3) is 4.09. The number of hydrogen-bond donors (Lipinski definition) is 2. The first kappa shape index (κ1) is 16.2. The standard InChI is InChI=1S/C12H14BrN3O4/c1-12(2,3)11(20)16-7-5-14-6(4-15-7)9(17)8(13)10(18)19/h4-5,8H,1-3H3,(H,18,19)(H,15,16,20). The molecule has 1 unspecified atom stereocenters. The molecular formula is C12H14BrN3O4. The molecule has 0 aliphatic rings. The molecule has 0 spiro atoms. The molecule has 1 rings (SSSR count). The summed E-state index contributed by atoms with van der Waals surface area (Å²) < 4.78 is 0. The molecule has 0 aliphatic heterocycles. The van der Waals surface area contributed by atoms with Crippen molar-refractivity contribution < 1.29 is 19.5 Å². The summed E-state index contributed by atoms with van der Waals surface area (Å²) >= 11 is 2.74. The van der Waals surface area contributed by atoms with Crippen LogP contribution in [0.2, 0.25) is 0 Å². The number of rotatable bonds is 4. The fourth-order valence-corrected chi connectivity index (χ4v) is 1.30. The van der Waals surface area contributed by atoms with Gasteiger partial charge in [-0.05, 0) is 0 Å². The first-order valence-corrected chi connectivity index (χ1v) is 6.59. The molecule has 1 aromatic rings. The lowest BCUT2D eigenvalue weighted by Gasteiger charge is -2.16. The number of Topliss-reactive ketones (excluding diaryl/α,β-unsaturated/α-hetero) is 1. The molecule has 1 atom stereocenters. The van der Waals surface area contributed by atoms with Crippen molar-refractivity contribution in [2.24, 2.45) is 5.41 Å². The average molecular weight is 344 g/mol. The lowest BCUT2D eigenvalue weighted by atomic mass is 9.96. The number of carbonyl (C=O) groups excluding carboxylic acids is 2. The van der Waals surface area contributed by atoms with Crippen molar-refractivity contribution in [3.63, 3.8) is 0 Å². The molecule has 0 radical (unpaired) electrons. The minimum atomic E-state index is -1.37. The minimum Gasteiger partial charge on any atom is -0.480 e. The summed E-state index contributed by atoms with van der Waals surface area (Å²) in [7, 11) is 0. The Morgan fingerprint density at radius 3 is 2.25 bits per heavy atom. The van der Waals surface area contributed by atoms with E-state index in [1.54, 1.807) is 20.8 Å². The van der Waals surface area contributed by atoms with Crippen LogP contribution in [0.25, 0.3) is 0 Å². The van der Waals surface area contributed by atoms with Gasteiger partial charge < -0.3 is 10.4 Å². The highest BCUT2D eigenvalue weighted by Gasteiger charge is 2.26. The van der Waals surface area contributed by atoms with Crippen LogP contribution in [0.4, 0.5) is 5.82 Å². The lowest BCUT2D eigenvalue weighted by molar-refractivity contribution is -0.135. The van der Waals surface area contributed by atoms with Gasteiger partial charge in [-0.25, -0.2) is 9.97 Å². The number of alkyl halides is 1. The highest BCUT2D eigenvalue weighted by Crippen LogP contribution is 2.16. The summed E-state index contributed by atoms with van der Waals surface area (Å²) in [6, 6.07) is 0. The van der Waals surface area contributed by atoms with Gasteiger partial charge in [-0.15, -0.1) is 0 Å². The van der Waals surface area contributed by atoms with Gasteiger partial charge in [0.15, 0.2) is 10.6 Å². The molecule has 0 bridgehead atoms. The van der Waals surface area contributed by atoms with E-state index in [4.69, 9.17) is 5.11 Å². The monoisotopic (exact) mass is 343 g/mol. The smallest absolute Gasteiger partial charge is 0.325 e. The van der Waals surface area contributed by atoms with E-state index in [1.165, 1.54) is 6.20 Å². The van der Waals surface area contributed by atoms with Gasteiger partial charge in [0.2, 0.25) is 11.7 Å². The number of halogens is 1. The van der Waals surface area contributed by atoms with Crippen molar-refractivity contribution in [1.29, 1.82) is 0 Å². The van der Waals surface area contributed by atoms with E-state index < -0.39 is 22.0 Å². The van der Waals surface area contributed by atoms with Gasteiger partial charge in [-0.3, -0.25) is 14.4 Å². The Labute approximate surface area is 123 Å². The predicted octanol–water partition coefficient (Wildman–Crippen LogP) is 1.49. The molecule has 7 nitrogen and oxygen atoms in total. The quantitative estimate of drug-likeness (QED) is 0.487. The van der Waals surface area contributed by atoms with E-state index in [0.717, 1.165) is 6.20 Å². The number of nitrogens with zero attached hydrogens (tertiary/aromatic N) is 2. The fourth-order valence-electron chi connectivity index (χ4n) is 1.07. The summed E-state index contributed by atoms with van der Waals surface area (Å²) in [6.45, 7) is 5.24. The second-order valence-corrected chi connectivity index (χ2v) is 5.97. The number of anilines is 1. The van der Waals surface area contributed by atoms with E-state index >= 15 is 0 Å². The number of carboxylic acids is 1. The first-order valence-electron chi connectivity index (χ1n) is 5.67. The van der Waals surface area contributed by atoms with Crippen LogP contribution in [-0.2, 0) is 9.59 Å². The summed E-state index contributed by atoms with van der Waals surface area (Å²) in [6.07, 6.45) is 2.33. The largest absolute Gasteiger partial charge is 0.480 e. The summed E-state index contributed by atoms with van der Waals surface area (Å²) in [5.74, 6) is -2.06. The van der Waals surface area contributed by atoms with Crippen LogP contribution in [0.1, 0.15) is 31.3 Å². The molecular weight excluding hydrogens is 330 g/mol. The van der Waals surface area contributed by atoms with Crippen LogP contribution in [0.15, 0.2) is 12.4 Å². The van der Waals surface area contributed by atoms with Gasteiger partial charge in [-0.2, -0.15) is 0 Å². The Bertz CT molecular complexity index is 537. The maximum Gasteiger partial charge on any atom is 0.325 e. The van der Waals surface area contributed by atoms with Crippen molar-refractivity contribution in [2.45, 2.75) is 25.6 Å². The van der Waals surface area contributed by atoms with Crippen LogP contribution in [-0.4, -0.2) is 37.6 Å². The molecule has 0 aliphatic carbocycles. The van der Waals surface area contributed by atoms with E-state index in [1.807, 2.05) is 0 Å². The molecule has 108 valence electrons. The van der Waals surface area contributed by atoms with Gasteiger partial charge >= 0.3 is 5.97 Å². The molecule has 8 heteroatoms. The summed E-state index contributed by atoms with van der Waals surface area (Å²) in [5, 5.41) is 11.3. The zero-order valence-corrected chi connectivity index (χ0v) is 12.8. The molecule has 0 saturated heterocycles. The van der Waals surface area contributed by atoms with Crippen molar-refractivity contribution in [1.82, 2.24) is 9.97 Å². The SMILES string of the molecule is CC(C)(C)C(=O)Nc1cnc(C(=O)C(Br)C(=O)O)cn1. The highest BCUT2D eigenvalue weighted by atomic mass is 79.9. The van der Waals surface area contributed by atoms with Gasteiger partial charge in [0.25, 0.3) is 0 Å². The number of nitrogens with one attached hydrogen (secondary N) is 1. The average Bonchev–Trinajstić information content (AvgIpc) is 2.36. The van der Waals surface area contributed by atoms with Crippen molar-refractivity contribution in [3.8, 4) is 0 Å². The number of aliphatic carboxylic acids is 1. The fraction of sp³-hybridized carbons (Fsp3) is 0.417. The molecule has 1 aromatic heterocycles. The van der Waals surface area contributed by atoms with Gasteiger partial charge in [-0.1, -0.05) is 36.7 Å². The van der Waals surface area contributed by atoms with E-state index in [2.05, 4.69) is 31.2 Å². The van der Waals surface area contributed by atoms with Crippen molar-refractivity contribution in [2.75, 3.05) is 5.32 Å². The number of carboxylic acid groups (broad SMARTS) is 1. The van der Waals surface area contributed by atoms with Crippen molar-refractivity contribution in [3.05, 3.63) is 18.1 Å². The molecule has 20 heavy (non-hydrogen) atoms. The van der Waals surface area contributed by atoms with Crippen LogP contribution in [0.3, 0.4) is 0 Å². The molecule has 1 amide bonds. The normalized spacial score (nSPS) is 12.6. The van der Waals surface area contributed by atoms with E-state index in [0.29, 0.717) is 0 Å². The highest BCUT2D eigenvalue weighted by molar-refractivity contribution is 9.10. The molecule has 2 N–H and O–H groups in total. The third-order valence-corrected chi connectivity index (χ3v) is 3.08. The molecule has 0 saturated carbocycles. The zero-order valence-electron chi connectivity index (χ0n) is 11.2. The second-order valence-electron chi connectivity index (χ2n) is 5.06. The first-order chi connectivity index (χ1) is 9.12. The Hall–Kier alpha value is -1.83. The van der Waals surface area contributed by atoms with Gasteiger partial charge in [0.05, 0.1) is 12.4 Å². The Morgan fingerprint density at radius 2 is 1.85 bits per heavy atom. The number of hydrogen-bond acceptors (Lipinski definition) is 5. The summed E-state index contributed by atoms with van der Waals surface area (Å²) in [4.78, 5) is 40.3. The maximum atomic E-state index is 11.7. The Kier molecular flexibility index (Phi) is 4.93. The number of aromatic nitrogens is 2. The third-order valence-electron chi connectivity index (χ3n) is 2.27. The predicted molar refractivity (Wildman–Crippen MR) is 74.8 cm³/mol. The Morgan fingerprint density at radius 1 is 1.25 bits per heavy atom. The number of ketones is 1. The van der Waals surface area contributed by atoms with Crippen LogP contribution < -0.4 is 5.32 Å². The summed E-state index contributed by atoms with van der Waals surface area (Å²) in [5.41, 5.74) is -0.677. The van der Waals surface area contributed by atoms with Crippen LogP contribution in [0, 0.1) is 5.41 Å². The maximum absolute atomic E-state index is 11.7. The van der Waals surface area contributed by atoms with E-state index in [9.17, 15) is 14.4 Å². The van der Waals surface area contributed by atoms with Gasteiger partial charge in [0.1, 0.15) is 5.69 Å². The second kappa shape index (κ2) is 6.08. The van der Waals surface area contributed by atoms with Crippen LogP contribution in [0.5, 0.6) is 0 Å². The number of amides is 1. The van der Waals surface area contributed by atoms with Gasteiger partial charge in [0, 0.05) is 5.41 Å².